The number of aromatic hydroxyl groups is 1. The molecule has 1 aromatic carbocycles. The Bertz CT molecular complexity index is 552. The molecular formula is C12H13NO2. The third-order valence-corrected chi connectivity index (χ3v) is 2.66. The van der Waals surface area contributed by atoms with E-state index in [4.69, 9.17) is 0 Å². The molecule has 0 radical (unpaired) electrons. The minimum absolute atomic E-state index is 0.0868. The van der Waals surface area contributed by atoms with Crippen molar-refractivity contribution in [3.05, 3.63) is 29.5 Å². The Morgan fingerprint density at radius 1 is 1.40 bits per heavy atom. The molecule has 0 aliphatic carbocycles. The Labute approximate surface area is 87.9 Å². The van der Waals surface area contributed by atoms with Crippen LogP contribution in [0.5, 0.6) is 5.75 Å². The van der Waals surface area contributed by atoms with Crippen LogP contribution in [0.15, 0.2) is 18.2 Å². The van der Waals surface area contributed by atoms with Crippen LogP contribution in [0.1, 0.15) is 23.0 Å². The first-order valence-corrected chi connectivity index (χ1v) is 4.81. The second-order valence-corrected chi connectivity index (χ2v) is 3.83. The zero-order valence-corrected chi connectivity index (χ0v) is 9.03. The van der Waals surface area contributed by atoms with Gasteiger partial charge in [0, 0.05) is 19.4 Å². The Morgan fingerprint density at radius 2 is 2.07 bits per heavy atom. The molecule has 0 saturated carbocycles. The van der Waals surface area contributed by atoms with E-state index in [1.54, 1.807) is 11.6 Å². The summed E-state index contributed by atoms with van der Waals surface area (Å²) in [5, 5.41) is 10.7. The molecule has 78 valence electrons. The highest BCUT2D eigenvalue weighted by molar-refractivity contribution is 6.03. The van der Waals surface area contributed by atoms with Gasteiger partial charge in [0.15, 0.2) is 11.5 Å². The number of Topliss-reactive ketones (excluding diaryl/α,β-unsaturated/α-hetero) is 1. The molecule has 0 unspecified atom stereocenters. The van der Waals surface area contributed by atoms with Gasteiger partial charge in [-0.25, -0.2) is 0 Å². The number of fused-ring (bicyclic) bond motifs is 1. The number of nitrogens with zero attached hydrogens (tertiary/aromatic N) is 1. The molecule has 0 aliphatic heterocycles. The highest BCUT2D eigenvalue weighted by atomic mass is 16.3. The van der Waals surface area contributed by atoms with Gasteiger partial charge in [-0.1, -0.05) is 11.6 Å². The largest absolute Gasteiger partial charge is 0.505 e. The van der Waals surface area contributed by atoms with E-state index in [9.17, 15) is 9.90 Å². The van der Waals surface area contributed by atoms with E-state index in [0.717, 1.165) is 16.5 Å². The van der Waals surface area contributed by atoms with Gasteiger partial charge in [-0.05, 0) is 19.1 Å². The zero-order chi connectivity index (χ0) is 11.2. The number of carbonyl (C=O) groups excluding carboxylic acids is 1. The first-order chi connectivity index (χ1) is 7.02. The maximum atomic E-state index is 11.4. The van der Waals surface area contributed by atoms with Crippen LogP contribution in [0, 0.1) is 6.92 Å². The number of hydrogen-bond acceptors (Lipinski definition) is 2. The molecule has 0 spiro atoms. The quantitative estimate of drug-likeness (QED) is 0.723. The topological polar surface area (TPSA) is 42.2 Å². The number of rotatable bonds is 1. The van der Waals surface area contributed by atoms with Crippen LogP contribution in [0.2, 0.25) is 0 Å². The smallest absolute Gasteiger partial charge is 0.179 e. The molecule has 1 aromatic heterocycles. The number of hydrogen-bond donors (Lipinski definition) is 1. The fourth-order valence-electron chi connectivity index (χ4n) is 1.94. The molecule has 0 aliphatic rings. The lowest BCUT2D eigenvalue weighted by atomic mass is 10.1. The van der Waals surface area contributed by atoms with Gasteiger partial charge in [0.05, 0.1) is 5.52 Å². The van der Waals surface area contributed by atoms with E-state index in [1.165, 1.54) is 6.92 Å². The van der Waals surface area contributed by atoms with Crippen LogP contribution in [-0.2, 0) is 7.05 Å². The fourth-order valence-corrected chi connectivity index (χ4v) is 1.94. The van der Waals surface area contributed by atoms with Crippen molar-refractivity contribution in [1.29, 1.82) is 0 Å². The first kappa shape index (κ1) is 9.77. The van der Waals surface area contributed by atoms with E-state index in [0.29, 0.717) is 5.69 Å². The Morgan fingerprint density at radius 3 is 2.67 bits per heavy atom. The molecule has 0 fully saturated rings. The Kier molecular flexibility index (Phi) is 2.03. The van der Waals surface area contributed by atoms with Crippen molar-refractivity contribution in [3.63, 3.8) is 0 Å². The Hall–Kier alpha value is -1.77. The number of ketones is 1. The maximum absolute atomic E-state index is 11.4. The summed E-state index contributed by atoms with van der Waals surface area (Å²) in [6, 6.07) is 5.76. The highest BCUT2D eigenvalue weighted by Crippen LogP contribution is 2.32. The summed E-state index contributed by atoms with van der Waals surface area (Å²) in [5.74, 6) is -0.0347. The predicted molar refractivity (Wildman–Crippen MR) is 59.3 cm³/mol. The second kappa shape index (κ2) is 3.12. The summed E-state index contributed by atoms with van der Waals surface area (Å²) in [7, 11) is 1.79. The van der Waals surface area contributed by atoms with Crippen LogP contribution in [-0.4, -0.2) is 15.5 Å². The SMILES string of the molecule is CC(=O)c1c(O)c2cc(C)ccc2n1C. The van der Waals surface area contributed by atoms with Crippen LogP contribution in [0.3, 0.4) is 0 Å². The molecule has 0 atom stereocenters. The van der Waals surface area contributed by atoms with E-state index in [2.05, 4.69) is 0 Å². The molecule has 0 bridgehead atoms. The number of benzene rings is 1. The normalized spacial score (nSPS) is 10.9. The van der Waals surface area contributed by atoms with Crippen LogP contribution in [0.25, 0.3) is 10.9 Å². The van der Waals surface area contributed by atoms with Crippen molar-refractivity contribution in [1.82, 2.24) is 4.57 Å². The van der Waals surface area contributed by atoms with Gasteiger partial charge in [-0.3, -0.25) is 4.79 Å². The van der Waals surface area contributed by atoms with Crippen molar-refractivity contribution in [2.24, 2.45) is 7.05 Å². The third kappa shape index (κ3) is 1.31. The van der Waals surface area contributed by atoms with Gasteiger partial charge >= 0.3 is 0 Å². The summed E-state index contributed by atoms with van der Waals surface area (Å²) in [4.78, 5) is 11.4. The van der Waals surface area contributed by atoms with E-state index < -0.39 is 0 Å². The molecule has 1 heterocycles. The highest BCUT2D eigenvalue weighted by Gasteiger charge is 2.17. The van der Waals surface area contributed by atoms with Gasteiger partial charge in [0.1, 0.15) is 5.69 Å². The van der Waals surface area contributed by atoms with Crippen molar-refractivity contribution in [3.8, 4) is 5.75 Å². The lowest BCUT2D eigenvalue weighted by Gasteiger charge is -1.99. The molecule has 2 rings (SSSR count). The molecule has 0 saturated heterocycles. The minimum atomic E-state index is -0.121. The van der Waals surface area contributed by atoms with E-state index in [1.807, 2.05) is 25.1 Å². The first-order valence-electron chi connectivity index (χ1n) is 4.81. The third-order valence-electron chi connectivity index (χ3n) is 2.66. The van der Waals surface area contributed by atoms with Crippen molar-refractivity contribution in [2.75, 3.05) is 0 Å². The van der Waals surface area contributed by atoms with E-state index >= 15 is 0 Å². The monoisotopic (exact) mass is 203 g/mol. The van der Waals surface area contributed by atoms with Crippen molar-refractivity contribution >= 4 is 16.7 Å². The average molecular weight is 203 g/mol. The van der Waals surface area contributed by atoms with Gasteiger partial charge in [-0.15, -0.1) is 0 Å². The lowest BCUT2D eigenvalue weighted by Crippen LogP contribution is -2.01. The van der Waals surface area contributed by atoms with Crippen molar-refractivity contribution in [2.45, 2.75) is 13.8 Å². The summed E-state index contributed by atoms with van der Waals surface area (Å²) < 4.78 is 1.73. The molecule has 1 N–H and O–H groups in total. The van der Waals surface area contributed by atoms with Gasteiger partial charge in [0.2, 0.25) is 0 Å². The van der Waals surface area contributed by atoms with E-state index in [-0.39, 0.29) is 11.5 Å². The fraction of sp³-hybridized carbons (Fsp3) is 0.250. The lowest BCUT2D eigenvalue weighted by molar-refractivity contribution is 0.100. The van der Waals surface area contributed by atoms with Crippen LogP contribution < -0.4 is 0 Å². The average Bonchev–Trinajstić information content (AvgIpc) is 2.39. The Balaban J connectivity index is 2.91. The van der Waals surface area contributed by atoms with Crippen LogP contribution in [0.4, 0.5) is 0 Å². The summed E-state index contributed by atoms with van der Waals surface area (Å²) in [6.45, 7) is 3.42. The summed E-state index contributed by atoms with van der Waals surface area (Å²) in [6.07, 6.45) is 0. The molecule has 15 heavy (non-hydrogen) atoms. The zero-order valence-electron chi connectivity index (χ0n) is 9.03. The van der Waals surface area contributed by atoms with Gasteiger partial charge < -0.3 is 9.67 Å². The molecule has 0 amide bonds. The second-order valence-electron chi connectivity index (χ2n) is 3.83. The number of carbonyl (C=O) groups is 1. The minimum Gasteiger partial charge on any atom is -0.505 e. The number of aromatic nitrogens is 1. The summed E-state index contributed by atoms with van der Waals surface area (Å²) in [5.41, 5.74) is 2.32. The molecule has 3 nitrogen and oxygen atoms in total. The molecular weight excluding hydrogens is 190 g/mol. The number of aryl methyl sites for hydroxylation is 2. The predicted octanol–water partition coefficient (Wildman–Crippen LogP) is 2.39. The standard InChI is InChI=1S/C12H13NO2/c1-7-4-5-10-9(6-7)12(15)11(8(2)14)13(10)3/h4-6,15H,1-3H3. The van der Waals surface area contributed by atoms with Gasteiger partial charge in [0.25, 0.3) is 0 Å². The maximum Gasteiger partial charge on any atom is 0.179 e. The van der Waals surface area contributed by atoms with Crippen molar-refractivity contribution < 1.29 is 9.90 Å². The summed E-state index contributed by atoms with van der Waals surface area (Å²) >= 11 is 0. The van der Waals surface area contributed by atoms with Gasteiger partial charge in [-0.2, -0.15) is 0 Å². The van der Waals surface area contributed by atoms with Crippen LogP contribution >= 0.6 is 0 Å². The molecule has 2 aromatic rings. The molecule has 3 heteroatoms.